The Morgan fingerprint density at radius 2 is 1.28 bits per heavy atom. The van der Waals surface area contributed by atoms with Gasteiger partial charge in [-0.15, -0.1) is 0 Å². The van der Waals surface area contributed by atoms with Crippen molar-refractivity contribution in [2.24, 2.45) is 23.5 Å². The number of benzene rings is 3. The van der Waals surface area contributed by atoms with Crippen LogP contribution in [-0.2, 0) is 63.5 Å². The Balaban J connectivity index is 1.09. The molecule has 0 spiro atoms. The molecule has 1 aliphatic carbocycles. The SMILES string of the molecule is CCC[C@H](NC(=O)CNC(=O)[C@@H](NC(=O)CNC(=O)C(Cc1c[nH]c2ccccc12)NC(=O)[C@@H](NC(=O)OCC1c2ccccc2-c2ccccc21)[C@@H](C)[C@@H](C)CC)[C@@H](C)CC)C(=O)N[C@@H](CC(N)=O)C(=O)N1C[C@H](O[Si](C)(C)C(C)(C)C)C[C@H]1C(=O)OC. The molecule has 484 valence electrons. The number of hydrogen-bond donors (Lipinski definition) is 9. The molecule has 1 aliphatic heterocycles. The van der Waals surface area contributed by atoms with Gasteiger partial charge in [0.25, 0.3) is 0 Å². The van der Waals surface area contributed by atoms with Gasteiger partial charge in [0, 0.05) is 42.4 Å². The third kappa shape index (κ3) is 18.0. The molecule has 10 N–H and O–H groups in total. The van der Waals surface area contributed by atoms with Gasteiger partial charge in [0.15, 0.2) is 8.32 Å². The largest absolute Gasteiger partial charge is 0.467 e. The molecule has 10 atom stereocenters. The zero-order chi connectivity index (χ0) is 65.5. The number of primary amides is 1. The second-order valence-electron chi connectivity index (χ2n) is 25.1. The minimum atomic E-state index is -2.38. The van der Waals surface area contributed by atoms with Gasteiger partial charge in [0.2, 0.25) is 47.3 Å². The van der Waals surface area contributed by atoms with Crippen LogP contribution in [0.3, 0.4) is 0 Å². The average Bonchev–Trinajstić information content (AvgIpc) is 2.05. The number of carbonyl (C=O) groups is 10. The maximum Gasteiger partial charge on any atom is 0.407 e. The fourth-order valence-corrected chi connectivity index (χ4v) is 12.5. The van der Waals surface area contributed by atoms with Crippen molar-refractivity contribution in [3.8, 4) is 11.1 Å². The normalized spacial score (nSPS) is 17.4. The summed E-state index contributed by atoms with van der Waals surface area (Å²) in [4.78, 5) is 142. The smallest absolute Gasteiger partial charge is 0.407 e. The van der Waals surface area contributed by atoms with E-state index in [0.29, 0.717) is 24.8 Å². The zero-order valence-corrected chi connectivity index (χ0v) is 54.5. The minimum absolute atomic E-state index is 0.0140. The molecule has 23 nitrogen and oxygen atoms in total. The number of H-pyrrole nitrogens is 1. The summed E-state index contributed by atoms with van der Waals surface area (Å²) in [5.41, 5.74) is 11.2. The number of nitrogens with two attached hydrogens (primary N) is 1. The summed E-state index contributed by atoms with van der Waals surface area (Å²) in [7, 11) is -1.18. The number of hydrogen-bond acceptors (Lipinski definition) is 13. The zero-order valence-electron chi connectivity index (χ0n) is 53.5. The highest BCUT2D eigenvalue weighted by molar-refractivity contribution is 6.74. The molecule has 2 heterocycles. The third-order valence-corrected chi connectivity index (χ3v) is 22.4. The summed E-state index contributed by atoms with van der Waals surface area (Å²) < 4.78 is 17.5. The fourth-order valence-electron chi connectivity index (χ4n) is 11.1. The summed E-state index contributed by atoms with van der Waals surface area (Å²) in [5, 5.41) is 19.3. The van der Waals surface area contributed by atoms with Crippen molar-refractivity contribution >= 4 is 78.5 Å². The first-order chi connectivity index (χ1) is 42.1. The Labute approximate surface area is 522 Å². The number of para-hydroxylation sites is 1. The van der Waals surface area contributed by atoms with Gasteiger partial charge in [-0.2, -0.15) is 0 Å². The first-order valence-electron chi connectivity index (χ1n) is 30.9. The van der Waals surface area contributed by atoms with Crippen molar-refractivity contribution < 1.29 is 61.8 Å². The van der Waals surface area contributed by atoms with Crippen molar-refractivity contribution in [2.75, 3.05) is 33.4 Å². The van der Waals surface area contributed by atoms with E-state index in [2.05, 4.69) is 63.0 Å². The van der Waals surface area contributed by atoms with Crippen LogP contribution in [0.2, 0.25) is 18.1 Å². The molecular formula is C65H92N10O13Si. The molecule has 0 saturated carbocycles. The van der Waals surface area contributed by atoms with Gasteiger partial charge in [-0.3, -0.25) is 38.4 Å². The maximum atomic E-state index is 14.6. The molecule has 1 unspecified atom stereocenters. The van der Waals surface area contributed by atoms with E-state index in [1.807, 2.05) is 107 Å². The van der Waals surface area contributed by atoms with Crippen molar-refractivity contribution in [3.05, 3.63) is 95.7 Å². The van der Waals surface area contributed by atoms with Gasteiger partial charge >= 0.3 is 12.1 Å². The number of carbonyl (C=O) groups excluding carboxylic acids is 10. The van der Waals surface area contributed by atoms with E-state index in [1.54, 1.807) is 27.0 Å². The van der Waals surface area contributed by atoms with E-state index in [4.69, 9.17) is 19.6 Å². The lowest BCUT2D eigenvalue weighted by Crippen LogP contribution is -2.58. The molecule has 4 aromatic rings. The number of nitrogens with zero attached hydrogens (tertiary/aromatic N) is 1. The van der Waals surface area contributed by atoms with Crippen LogP contribution >= 0.6 is 0 Å². The Morgan fingerprint density at radius 1 is 0.697 bits per heavy atom. The van der Waals surface area contributed by atoms with Gasteiger partial charge in [0.1, 0.15) is 42.9 Å². The van der Waals surface area contributed by atoms with Crippen LogP contribution in [-0.4, -0.2) is 153 Å². The number of aromatic nitrogens is 1. The van der Waals surface area contributed by atoms with E-state index >= 15 is 0 Å². The molecule has 0 bridgehead atoms. The highest BCUT2D eigenvalue weighted by atomic mass is 28.4. The summed E-state index contributed by atoms with van der Waals surface area (Å²) in [6.45, 7) is 20.0. The monoisotopic (exact) mass is 1250 g/mol. The van der Waals surface area contributed by atoms with Gasteiger partial charge in [-0.25, -0.2) is 9.59 Å². The fraction of sp³-hybridized carbons (Fsp3) is 0.538. The van der Waals surface area contributed by atoms with Gasteiger partial charge < -0.3 is 66.7 Å². The first-order valence-corrected chi connectivity index (χ1v) is 33.8. The Bertz CT molecular complexity index is 3150. The number of alkyl carbamates (subject to hydrolysis) is 1. The number of amides is 9. The lowest BCUT2D eigenvalue weighted by atomic mass is 9.86. The Hall–Kier alpha value is -8.12. The van der Waals surface area contributed by atoms with Crippen LogP contribution < -0.4 is 43.0 Å². The van der Waals surface area contributed by atoms with Crippen LogP contribution in [0.5, 0.6) is 0 Å². The van der Waals surface area contributed by atoms with E-state index in [0.717, 1.165) is 33.2 Å². The molecule has 1 fully saturated rings. The minimum Gasteiger partial charge on any atom is -0.467 e. The molecule has 0 radical (unpaired) electrons. The van der Waals surface area contributed by atoms with Crippen molar-refractivity contribution in [1.29, 1.82) is 0 Å². The van der Waals surface area contributed by atoms with E-state index in [9.17, 15) is 47.9 Å². The van der Waals surface area contributed by atoms with Crippen LogP contribution in [0.15, 0.2) is 79.0 Å². The van der Waals surface area contributed by atoms with Crippen molar-refractivity contribution in [2.45, 2.75) is 174 Å². The molecule has 24 heteroatoms. The summed E-state index contributed by atoms with van der Waals surface area (Å²) >= 11 is 0. The van der Waals surface area contributed by atoms with E-state index in [-0.39, 0.29) is 49.3 Å². The van der Waals surface area contributed by atoms with Gasteiger partial charge in [-0.1, -0.05) is 148 Å². The number of nitrogens with one attached hydrogen (secondary N) is 8. The average molecular weight is 1250 g/mol. The molecule has 9 amide bonds. The number of methoxy groups -OCH3 is 1. The van der Waals surface area contributed by atoms with Crippen LogP contribution in [0.4, 0.5) is 4.79 Å². The third-order valence-electron chi connectivity index (χ3n) is 17.9. The van der Waals surface area contributed by atoms with Crippen LogP contribution in [0.1, 0.15) is 123 Å². The maximum absolute atomic E-state index is 14.6. The summed E-state index contributed by atoms with van der Waals surface area (Å²) in [6, 6.07) is 15.9. The number of esters is 1. The molecule has 1 saturated heterocycles. The van der Waals surface area contributed by atoms with Gasteiger partial charge in [-0.05, 0) is 76.2 Å². The van der Waals surface area contributed by atoms with Crippen LogP contribution in [0, 0.1) is 17.8 Å². The van der Waals surface area contributed by atoms with Gasteiger partial charge in [0.05, 0.1) is 32.7 Å². The highest BCUT2D eigenvalue weighted by Crippen LogP contribution is 2.45. The Kier molecular flexibility index (Phi) is 24.7. The van der Waals surface area contributed by atoms with E-state index in [1.165, 1.54) is 12.0 Å². The summed E-state index contributed by atoms with van der Waals surface area (Å²) in [5.74, 6) is -8.06. The number of fused-ring (bicyclic) bond motifs is 4. The van der Waals surface area contributed by atoms with E-state index < -0.39 is 141 Å². The van der Waals surface area contributed by atoms with Crippen LogP contribution in [0.25, 0.3) is 22.0 Å². The predicted molar refractivity (Wildman–Crippen MR) is 339 cm³/mol. The number of ether oxygens (including phenoxy) is 2. The molecule has 89 heavy (non-hydrogen) atoms. The molecule has 3 aromatic carbocycles. The second-order valence-corrected chi connectivity index (χ2v) is 29.8. The second kappa shape index (κ2) is 31.4. The Morgan fingerprint density at radius 3 is 1.88 bits per heavy atom. The van der Waals surface area contributed by atoms with Crippen molar-refractivity contribution in [3.63, 3.8) is 0 Å². The number of likely N-dealkylation sites (tertiary alicyclic amines) is 1. The molecular weight excluding hydrogens is 1160 g/mol. The lowest BCUT2D eigenvalue weighted by molar-refractivity contribution is -0.152. The summed E-state index contributed by atoms with van der Waals surface area (Å²) in [6.07, 6.45) is 1.43. The first kappa shape index (κ1) is 70.0. The molecule has 1 aromatic heterocycles. The number of aromatic amines is 1. The predicted octanol–water partition coefficient (Wildman–Crippen LogP) is 5.36. The standard InChI is InChI=1S/C65H92N10O13Si/c1-13-22-49(59(80)72-51(31-53(66)76)62(83)75-35-41(30-52(75)63(84)86-10)88-89(11,12)65(7,8)9)70-54(77)33-69-60(81)56(38(5)15-3)73-55(78)34-68-58(79)50(29-40-32-67-48-28-21-20-23-42(40)48)71-61(82)57(39(6)37(4)14-2)74-64(85)87-36-47-45-26-18-16-24-43(45)44-25-17-19-27-46(44)47/h16-21,23-28,32,37-39,41,47,49-52,56-57,67H,13-15,22,29-31,33-36H2,1-12H3,(H2,66,76)(H,68,79)(H,69,81)(H,70,77)(H,71,82)(H,72,80)(H,73,78)(H,74,85)/t37-,38-,39-,41+,49-,50?,51-,52-,56-,57-/m0/s1. The highest BCUT2D eigenvalue weighted by Gasteiger charge is 2.48. The van der Waals surface area contributed by atoms with Crippen molar-refractivity contribution in [1.82, 2.24) is 47.1 Å². The topological polar surface area (TPSA) is 328 Å². The molecule has 6 rings (SSSR count). The molecule has 2 aliphatic rings. The lowest BCUT2D eigenvalue weighted by Gasteiger charge is -2.38. The number of rotatable bonds is 30. The quantitative estimate of drug-likeness (QED) is 0.0235.